The van der Waals surface area contributed by atoms with E-state index in [1.54, 1.807) is 6.07 Å². The lowest BCUT2D eigenvalue weighted by atomic mass is 9.96. The summed E-state index contributed by atoms with van der Waals surface area (Å²) >= 11 is 0. The maximum atomic E-state index is 14.5. The number of aromatic nitrogens is 2. The Bertz CT molecular complexity index is 1880. The lowest BCUT2D eigenvalue weighted by Crippen LogP contribution is -2.44. The number of nitrogens with zero attached hydrogens (tertiary/aromatic N) is 4. The van der Waals surface area contributed by atoms with Crippen molar-refractivity contribution in [3.63, 3.8) is 0 Å². The molecular weight excluding hydrogens is 693 g/mol. The van der Waals surface area contributed by atoms with Gasteiger partial charge in [-0.1, -0.05) is 12.1 Å². The van der Waals surface area contributed by atoms with Gasteiger partial charge in [-0.15, -0.1) is 37.2 Å². The molecule has 2 aromatic heterocycles. The van der Waals surface area contributed by atoms with E-state index >= 15 is 0 Å². The molecule has 5 aromatic rings. The van der Waals surface area contributed by atoms with Gasteiger partial charge in [0.15, 0.2) is 11.6 Å². The molecule has 4 nitrogen and oxygen atoms in total. The van der Waals surface area contributed by atoms with Gasteiger partial charge in [0.05, 0.1) is 5.69 Å². The first-order valence-electron chi connectivity index (χ1n) is 16.5. The molecule has 3 aromatic carbocycles. The third-order valence-electron chi connectivity index (χ3n) is 10.1. The van der Waals surface area contributed by atoms with Crippen molar-refractivity contribution in [3.8, 4) is 22.4 Å². The highest BCUT2D eigenvalue weighted by molar-refractivity contribution is 5.86. The summed E-state index contributed by atoms with van der Waals surface area (Å²) in [4.78, 5) is 14.0. The standard InChI is InChI=1S/C41H44F2N4.3ClH/c1-26-15-34(16-27(2)30(26)5)36-19-33(22-44-23-36)25-47(38-7-8-39(42)40(43)21-38)37-10-13-46(14-11-37)24-32-9-12-45-41(20-32)35-17-28(3)31(6)29(4)18-35;;;/h7-9,12,15-23,37H,10-11,13-14,24-25H2,1-6H3;3*1H. The van der Waals surface area contributed by atoms with Gasteiger partial charge in [0.25, 0.3) is 0 Å². The molecule has 0 atom stereocenters. The summed E-state index contributed by atoms with van der Waals surface area (Å²) < 4.78 is 28.5. The Morgan fingerprint density at radius 1 is 0.660 bits per heavy atom. The smallest absolute Gasteiger partial charge is 0.160 e. The Morgan fingerprint density at radius 3 is 1.86 bits per heavy atom. The first-order valence-corrected chi connectivity index (χ1v) is 16.5. The maximum Gasteiger partial charge on any atom is 0.160 e. The Balaban J connectivity index is 0.00000225. The molecule has 50 heavy (non-hydrogen) atoms. The van der Waals surface area contributed by atoms with Gasteiger partial charge in [-0.3, -0.25) is 14.9 Å². The Morgan fingerprint density at radius 2 is 1.26 bits per heavy atom. The summed E-state index contributed by atoms with van der Waals surface area (Å²) in [6.07, 6.45) is 7.53. The number of aryl methyl sites for hydroxylation is 4. The number of likely N-dealkylation sites (tertiary alicyclic amines) is 1. The van der Waals surface area contributed by atoms with E-state index in [2.05, 4.69) is 104 Å². The number of piperidine rings is 1. The van der Waals surface area contributed by atoms with Crippen LogP contribution in [-0.4, -0.2) is 34.0 Å². The minimum Gasteiger partial charge on any atom is -0.364 e. The fourth-order valence-corrected chi connectivity index (χ4v) is 6.79. The second-order valence-corrected chi connectivity index (χ2v) is 13.3. The number of rotatable bonds is 8. The van der Waals surface area contributed by atoms with Crippen LogP contribution in [0.4, 0.5) is 14.5 Å². The van der Waals surface area contributed by atoms with Crippen LogP contribution in [0.3, 0.4) is 0 Å². The summed E-state index contributed by atoms with van der Waals surface area (Å²) in [5.41, 5.74) is 15.0. The molecule has 0 N–H and O–H groups in total. The van der Waals surface area contributed by atoms with Crippen LogP contribution in [0.15, 0.2) is 79.3 Å². The van der Waals surface area contributed by atoms with Crippen LogP contribution in [-0.2, 0) is 13.1 Å². The average Bonchev–Trinajstić information content (AvgIpc) is 3.06. The summed E-state index contributed by atoms with van der Waals surface area (Å²) in [6.45, 7) is 16.1. The number of benzene rings is 3. The van der Waals surface area contributed by atoms with Crippen LogP contribution in [0.25, 0.3) is 22.4 Å². The average molecular weight is 740 g/mol. The molecule has 0 spiro atoms. The van der Waals surface area contributed by atoms with E-state index in [0.29, 0.717) is 12.2 Å². The zero-order valence-corrected chi connectivity index (χ0v) is 32.0. The van der Waals surface area contributed by atoms with Gasteiger partial charge in [0.1, 0.15) is 0 Å². The molecule has 1 saturated heterocycles. The van der Waals surface area contributed by atoms with Crippen LogP contribution in [0.2, 0.25) is 0 Å². The molecule has 1 fully saturated rings. The third kappa shape index (κ3) is 9.21. The lowest BCUT2D eigenvalue weighted by Gasteiger charge is -2.40. The highest BCUT2D eigenvalue weighted by Crippen LogP contribution is 2.31. The predicted molar refractivity (Wildman–Crippen MR) is 210 cm³/mol. The minimum atomic E-state index is -0.829. The molecule has 0 aliphatic carbocycles. The molecule has 0 amide bonds. The van der Waals surface area contributed by atoms with Gasteiger partial charge in [-0.2, -0.15) is 0 Å². The lowest BCUT2D eigenvalue weighted by molar-refractivity contribution is 0.201. The number of hydrogen-bond donors (Lipinski definition) is 0. The van der Waals surface area contributed by atoms with E-state index in [1.165, 1.54) is 51.1 Å². The third-order valence-corrected chi connectivity index (χ3v) is 10.1. The molecule has 266 valence electrons. The molecule has 0 radical (unpaired) electrons. The van der Waals surface area contributed by atoms with Crippen LogP contribution in [0.1, 0.15) is 57.3 Å². The Kier molecular flexibility index (Phi) is 14.4. The largest absolute Gasteiger partial charge is 0.364 e. The van der Waals surface area contributed by atoms with Gasteiger partial charge in [0.2, 0.25) is 0 Å². The normalized spacial score (nSPS) is 13.2. The highest BCUT2D eigenvalue weighted by atomic mass is 35.5. The fraction of sp³-hybridized carbons (Fsp3) is 0.317. The van der Waals surface area contributed by atoms with Crippen molar-refractivity contribution in [1.29, 1.82) is 0 Å². The topological polar surface area (TPSA) is 32.3 Å². The number of anilines is 1. The van der Waals surface area contributed by atoms with Crippen molar-refractivity contribution < 1.29 is 8.78 Å². The van der Waals surface area contributed by atoms with Gasteiger partial charge < -0.3 is 4.90 Å². The number of pyridine rings is 2. The quantitative estimate of drug-likeness (QED) is 0.159. The maximum absolute atomic E-state index is 14.5. The Labute approximate surface area is 314 Å². The second-order valence-electron chi connectivity index (χ2n) is 13.3. The number of hydrogen-bond acceptors (Lipinski definition) is 4. The summed E-state index contributed by atoms with van der Waals surface area (Å²) in [5, 5.41) is 0. The summed E-state index contributed by atoms with van der Waals surface area (Å²) in [7, 11) is 0. The van der Waals surface area contributed by atoms with Crippen molar-refractivity contribution in [3.05, 3.63) is 135 Å². The van der Waals surface area contributed by atoms with Crippen molar-refractivity contribution in [2.24, 2.45) is 0 Å². The van der Waals surface area contributed by atoms with E-state index in [1.807, 2.05) is 18.6 Å². The van der Waals surface area contributed by atoms with E-state index in [-0.39, 0.29) is 43.3 Å². The van der Waals surface area contributed by atoms with Crippen LogP contribution in [0.5, 0.6) is 0 Å². The molecule has 0 saturated carbocycles. The SMILES string of the molecule is Cc1cc(-c2cncc(CN(c3ccc(F)c(F)c3)C3CCN(Cc4ccnc(-c5cc(C)c(C)c(C)c5)c4)CC3)c2)cc(C)c1C.Cl.Cl.Cl. The molecule has 6 rings (SSSR count). The zero-order chi connectivity index (χ0) is 33.2. The van der Waals surface area contributed by atoms with Gasteiger partial charge in [-0.05, 0) is 147 Å². The molecule has 9 heteroatoms. The monoisotopic (exact) mass is 738 g/mol. The van der Waals surface area contributed by atoms with Gasteiger partial charge in [0, 0.05) is 73.7 Å². The minimum absolute atomic E-state index is 0. The highest BCUT2D eigenvalue weighted by Gasteiger charge is 2.26. The number of halogens is 5. The van der Waals surface area contributed by atoms with Crippen molar-refractivity contribution >= 4 is 42.9 Å². The molecule has 1 aliphatic rings. The van der Waals surface area contributed by atoms with E-state index in [4.69, 9.17) is 0 Å². The molecular formula is C41H47Cl3F2N4. The first-order chi connectivity index (χ1) is 22.5. The Hall–Kier alpha value is -3.55. The molecule has 1 aliphatic heterocycles. The molecule has 0 bridgehead atoms. The fourth-order valence-electron chi connectivity index (χ4n) is 6.79. The van der Waals surface area contributed by atoms with Crippen LogP contribution < -0.4 is 4.90 Å². The van der Waals surface area contributed by atoms with E-state index < -0.39 is 11.6 Å². The van der Waals surface area contributed by atoms with Crippen LogP contribution in [0, 0.1) is 53.2 Å². The van der Waals surface area contributed by atoms with E-state index in [0.717, 1.165) is 60.4 Å². The second kappa shape index (κ2) is 17.6. The van der Waals surface area contributed by atoms with E-state index in [9.17, 15) is 8.78 Å². The van der Waals surface area contributed by atoms with Gasteiger partial charge >= 0.3 is 0 Å². The molecule has 3 heterocycles. The molecule has 0 unspecified atom stereocenters. The predicted octanol–water partition coefficient (Wildman–Crippen LogP) is 10.9. The van der Waals surface area contributed by atoms with Crippen molar-refractivity contribution in [2.75, 3.05) is 18.0 Å². The van der Waals surface area contributed by atoms with Crippen LogP contribution >= 0.6 is 37.2 Å². The van der Waals surface area contributed by atoms with Crippen molar-refractivity contribution in [1.82, 2.24) is 14.9 Å². The first kappa shape index (κ1) is 40.9. The van der Waals surface area contributed by atoms with Gasteiger partial charge in [-0.25, -0.2) is 8.78 Å². The zero-order valence-electron chi connectivity index (χ0n) is 29.6. The van der Waals surface area contributed by atoms with Crippen molar-refractivity contribution in [2.45, 2.75) is 73.5 Å². The summed E-state index contributed by atoms with van der Waals surface area (Å²) in [5.74, 6) is -1.65. The summed E-state index contributed by atoms with van der Waals surface area (Å²) in [6, 6.07) is 19.8.